The molecule has 1 aliphatic rings. The van der Waals surface area contributed by atoms with Gasteiger partial charge in [-0.2, -0.15) is 4.31 Å². The molecule has 1 aromatic heterocycles. The third-order valence-corrected chi connectivity index (χ3v) is 5.24. The van der Waals surface area contributed by atoms with Crippen LogP contribution in [0.5, 0.6) is 0 Å². The molecule has 0 aliphatic carbocycles. The molecule has 1 fully saturated rings. The first-order valence-corrected chi connectivity index (χ1v) is 7.73. The first kappa shape index (κ1) is 15.2. The molecular formula is C12H18N2O5S. The predicted octanol–water partition coefficient (Wildman–Crippen LogP) is -0.463. The monoisotopic (exact) mass is 302 g/mol. The van der Waals surface area contributed by atoms with Crippen molar-refractivity contribution >= 4 is 10.0 Å². The summed E-state index contributed by atoms with van der Waals surface area (Å²) >= 11 is 0. The Balaban J connectivity index is 2.22. The average Bonchev–Trinajstić information content (AvgIpc) is 2.39. The molecule has 0 aromatic carbocycles. The van der Waals surface area contributed by atoms with Gasteiger partial charge < -0.3 is 14.8 Å². The Morgan fingerprint density at radius 1 is 1.45 bits per heavy atom. The van der Waals surface area contributed by atoms with Crippen molar-refractivity contribution in [1.29, 1.82) is 0 Å². The number of aromatic nitrogens is 1. The molecule has 0 amide bonds. The van der Waals surface area contributed by atoms with Crippen LogP contribution in [0.25, 0.3) is 0 Å². The topological polar surface area (TPSA) is 99.7 Å². The van der Waals surface area contributed by atoms with Crippen molar-refractivity contribution in [3.05, 3.63) is 28.7 Å². The van der Waals surface area contributed by atoms with Gasteiger partial charge in [-0.05, 0) is 0 Å². The van der Waals surface area contributed by atoms with Crippen LogP contribution in [0.3, 0.4) is 0 Å². The molecule has 0 bridgehead atoms. The van der Waals surface area contributed by atoms with E-state index in [2.05, 4.69) is 4.98 Å². The van der Waals surface area contributed by atoms with Crippen LogP contribution in [-0.2, 0) is 14.8 Å². The maximum Gasteiger partial charge on any atom is 0.248 e. The van der Waals surface area contributed by atoms with E-state index in [1.54, 1.807) is 0 Å². The molecule has 0 atom stereocenters. The zero-order chi connectivity index (χ0) is 14.8. The normalized spacial score (nSPS) is 19.1. The summed E-state index contributed by atoms with van der Waals surface area (Å²) in [6.45, 7) is 0.736. The van der Waals surface area contributed by atoms with E-state index in [4.69, 9.17) is 4.74 Å². The highest BCUT2D eigenvalue weighted by Gasteiger charge is 2.35. The minimum absolute atomic E-state index is 0.0625. The molecule has 112 valence electrons. The molecular weight excluding hydrogens is 284 g/mol. The number of hydrogen-bond donors (Lipinski definition) is 2. The number of nitrogens with one attached hydrogen (secondary N) is 1. The smallest absolute Gasteiger partial charge is 0.248 e. The van der Waals surface area contributed by atoms with E-state index in [9.17, 15) is 18.3 Å². The predicted molar refractivity (Wildman–Crippen MR) is 71.9 cm³/mol. The van der Waals surface area contributed by atoms with Gasteiger partial charge in [0.15, 0.2) is 0 Å². The third kappa shape index (κ3) is 3.09. The van der Waals surface area contributed by atoms with Crippen LogP contribution in [0, 0.1) is 0 Å². The van der Waals surface area contributed by atoms with Gasteiger partial charge in [-0.1, -0.05) is 0 Å². The number of likely N-dealkylation sites (N-methyl/N-ethyl adjacent to an activating group) is 1. The first-order valence-electron chi connectivity index (χ1n) is 6.29. The van der Waals surface area contributed by atoms with Gasteiger partial charge in [0.05, 0.1) is 5.60 Å². The van der Waals surface area contributed by atoms with E-state index >= 15 is 0 Å². The molecule has 1 aromatic rings. The van der Waals surface area contributed by atoms with Gasteiger partial charge in [-0.15, -0.1) is 0 Å². The Morgan fingerprint density at radius 2 is 2.10 bits per heavy atom. The maximum atomic E-state index is 12.3. The first-order chi connectivity index (χ1) is 9.35. The molecule has 2 N–H and O–H groups in total. The number of aromatic amines is 1. The summed E-state index contributed by atoms with van der Waals surface area (Å²) in [5.74, 6) is 0. The van der Waals surface area contributed by atoms with Crippen molar-refractivity contribution in [2.45, 2.75) is 23.3 Å². The second kappa shape index (κ2) is 5.65. The Morgan fingerprint density at radius 3 is 2.70 bits per heavy atom. The van der Waals surface area contributed by atoms with Crippen molar-refractivity contribution in [2.24, 2.45) is 0 Å². The number of ether oxygens (including phenoxy) is 1. The van der Waals surface area contributed by atoms with Crippen LogP contribution in [0.4, 0.5) is 0 Å². The van der Waals surface area contributed by atoms with Gasteiger partial charge >= 0.3 is 0 Å². The van der Waals surface area contributed by atoms with Crippen LogP contribution < -0.4 is 5.43 Å². The highest BCUT2D eigenvalue weighted by molar-refractivity contribution is 7.89. The summed E-state index contributed by atoms with van der Waals surface area (Å²) in [7, 11) is -2.56. The van der Waals surface area contributed by atoms with Crippen LogP contribution in [-0.4, -0.2) is 55.2 Å². The van der Waals surface area contributed by atoms with Crippen molar-refractivity contribution < 1.29 is 18.3 Å². The lowest BCUT2D eigenvalue weighted by Crippen LogP contribution is -2.47. The van der Waals surface area contributed by atoms with Crippen LogP contribution in [0.1, 0.15) is 12.8 Å². The van der Waals surface area contributed by atoms with E-state index in [-0.39, 0.29) is 11.4 Å². The molecule has 0 unspecified atom stereocenters. The van der Waals surface area contributed by atoms with Crippen LogP contribution in [0.2, 0.25) is 0 Å². The van der Waals surface area contributed by atoms with E-state index in [0.29, 0.717) is 26.1 Å². The largest absolute Gasteiger partial charge is 0.388 e. The fourth-order valence-electron chi connectivity index (χ4n) is 2.18. The second-order valence-electron chi connectivity index (χ2n) is 4.97. The van der Waals surface area contributed by atoms with Crippen LogP contribution >= 0.6 is 0 Å². The highest BCUT2D eigenvalue weighted by atomic mass is 32.2. The number of hydrogen-bond acceptors (Lipinski definition) is 5. The zero-order valence-corrected chi connectivity index (χ0v) is 12.0. The number of H-pyrrole nitrogens is 1. The quantitative estimate of drug-likeness (QED) is 0.784. The fourth-order valence-corrected chi connectivity index (χ4v) is 3.46. The summed E-state index contributed by atoms with van der Waals surface area (Å²) in [4.78, 5) is 13.9. The number of sulfonamides is 1. The second-order valence-corrected chi connectivity index (χ2v) is 6.98. The van der Waals surface area contributed by atoms with Gasteiger partial charge in [0.25, 0.3) is 0 Å². The number of pyridine rings is 1. The fraction of sp³-hybridized carbons (Fsp3) is 0.583. The molecule has 20 heavy (non-hydrogen) atoms. The van der Waals surface area contributed by atoms with Crippen LogP contribution in [0.15, 0.2) is 28.2 Å². The van der Waals surface area contributed by atoms with Gasteiger partial charge in [-0.25, -0.2) is 8.42 Å². The Labute approximate surface area is 117 Å². The van der Waals surface area contributed by atoms with E-state index < -0.39 is 21.1 Å². The number of aliphatic hydroxyl groups is 1. The zero-order valence-electron chi connectivity index (χ0n) is 11.2. The van der Waals surface area contributed by atoms with E-state index in [1.165, 1.54) is 13.2 Å². The molecule has 2 rings (SSSR count). The lowest BCUT2D eigenvalue weighted by molar-refractivity contribution is -0.0689. The van der Waals surface area contributed by atoms with Gasteiger partial charge in [0, 0.05) is 58.1 Å². The summed E-state index contributed by atoms with van der Waals surface area (Å²) < 4.78 is 30.8. The summed E-state index contributed by atoms with van der Waals surface area (Å²) in [6, 6.07) is 1.16. The summed E-state index contributed by atoms with van der Waals surface area (Å²) in [5.41, 5.74) is -1.68. The molecule has 7 nitrogen and oxygen atoms in total. The van der Waals surface area contributed by atoms with Gasteiger partial charge in [-0.3, -0.25) is 4.79 Å². The number of rotatable bonds is 4. The van der Waals surface area contributed by atoms with E-state index in [0.717, 1.165) is 16.6 Å². The highest BCUT2D eigenvalue weighted by Crippen LogP contribution is 2.23. The minimum Gasteiger partial charge on any atom is -0.388 e. The average molecular weight is 302 g/mol. The lowest BCUT2D eigenvalue weighted by Gasteiger charge is -2.34. The molecule has 8 heteroatoms. The van der Waals surface area contributed by atoms with Crippen molar-refractivity contribution in [1.82, 2.24) is 9.29 Å². The van der Waals surface area contributed by atoms with Gasteiger partial charge in [0.2, 0.25) is 15.5 Å². The molecule has 1 aliphatic heterocycles. The Hall–Kier alpha value is -1.22. The van der Waals surface area contributed by atoms with Crippen molar-refractivity contribution in [2.75, 3.05) is 26.8 Å². The molecule has 0 saturated carbocycles. The molecule has 0 spiro atoms. The van der Waals surface area contributed by atoms with Crippen molar-refractivity contribution in [3.8, 4) is 0 Å². The Kier molecular flexibility index (Phi) is 4.28. The summed E-state index contributed by atoms with van der Waals surface area (Å²) in [5, 5.41) is 10.3. The standard InChI is InChI=1S/C12H18N2O5S/c1-14(9-12(16)3-6-19-7-4-12)20(17,18)11-8-13-5-2-10(11)15/h2,5,8,16H,3-4,6-7,9H2,1H3,(H,13,15). The minimum atomic E-state index is -3.92. The van der Waals surface area contributed by atoms with Gasteiger partial charge in [0.1, 0.15) is 4.90 Å². The van der Waals surface area contributed by atoms with Crippen molar-refractivity contribution in [3.63, 3.8) is 0 Å². The van der Waals surface area contributed by atoms with E-state index in [1.807, 2.05) is 0 Å². The number of nitrogens with zero attached hydrogens (tertiary/aromatic N) is 1. The Bertz CT molecular complexity index is 619. The molecule has 1 saturated heterocycles. The molecule has 0 radical (unpaired) electrons. The lowest BCUT2D eigenvalue weighted by atomic mass is 9.95. The third-order valence-electron chi connectivity index (χ3n) is 3.42. The maximum absolute atomic E-state index is 12.3. The SMILES string of the molecule is CN(CC1(O)CCOCC1)S(=O)(=O)c1c[nH]ccc1=O. The summed E-state index contributed by atoms with van der Waals surface area (Å²) in [6.07, 6.45) is 3.27. The molecule has 2 heterocycles.